The molecule has 1 unspecified atom stereocenters. The van der Waals surface area contributed by atoms with Crippen molar-refractivity contribution in [2.24, 2.45) is 0 Å². The van der Waals surface area contributed by atoms with Crippen LogP contribution < -0.4 is 5.32 Å². The van der Waals surface area contributed by atoms with Gasteiger partial charge in [0.2, 0.25) is 0 Å². The van der Waals surface area contributed by atoms with E-state index in [1.54, 1.807) is 19.2 Å². The van der Waals surface area contributed by atoms with Gasteiger partial charge in [-0.3, -0.25) is 10.1 Å². The molecule has 5 nitrogen and oxygen atoms in total. The van der Waals surface area contributed by atoms with Crippen LogP contribution in [0, 0.1) is 10.1 Å². The minimum Gasteiger partial charge on any atom is -0.383 e. The molecule has 0 spiro atoms. The van der Waals surface area contributed by atoms with Crippen LogP contribution in [0.15, 0.2) is 24.3 Å². The lowest BCUT2D eigenvalue weighted by Crippen LogP contribution is -2.24. The first kappa shape index (κ1) is 13.6. The van der Waals surface area contributed by atoms with Crippen LogP contribution in [0.25, 0.3) is 0 Å². The van der Waals surface area contributed by atoms with Gasteiger partial charge >= 0.3 is 0 Å². The van der Waals surface area contributed by atoms with E-state index in [2.05, 4.69) is 5.32 Å². The summed E-state index contributed by atoms with van der Waals surface area (Å²) in [6.45, 7) is 3.41. The summed E-state index contributed by atoms with van der Waals surface area (Å²) >= 11 is 0. The first-order chi connectivity index (χ1) is 8.19. The summed E-state index contributed by atoms with van der Waals surface area (Å²) in [7, 11) is 1.65. The Balaban J connectivity index is 2.73. The van der Waals surface area contributed by atoms with Crippen molar-refractivity contribution < 1.29 is 9.66 Å². The van der Waals surface area contributed by atoms with Crippen LogP contribution in [0.4, 0.5) is 5.69 Å². The molecule has 1 atom stereocenters. The van der Waals surface area contributed by atoms with Crippen molar-refractivity contribution in [1.82, 2.24) is 5.32 Å². The first-order valence-electron chi connectivity index (χ1n) is 5.65. The van der Waals surface area contributed by atoms with Gasteiger partial charge in [0.25, 0.3) is 5.69 Å². The number of hydrogen-bond donors (Lipinski definition) is 1. The molecule has 1 rings (SSSR count). The molecule has 0 radical (unpaired) electrons. The molecule has 1 N–H and O–H groups in total. The van der Waals surface area contributed by atoms with Gasteiger partial charge < -0.3 is 10.1 Å². The lowest BCUT2D eigenvalue weighted by atomic mass is 10.0. The Morgan fingerprint density at radius 1 is 1.53 bits per heavy atom. The standard InChI is InChI=1S/C12H18N2O3/c1-3-12(13-7-8-17-2)10-5-4-6-11(9-10)14(15)16/h4-6,9,12-13H,3,7-8H2,1-2H3. The number of nitro groups is 1. The van der Waals surface area contributed by atoms with Crippen LogP contribution >= 0.6 is 0 Å². The highest BCUT2D eigenvalue weighted by atomic mass is 16.6. The predicted octanol–water partition coefficient (Wildman–Crippen LogP) is 2.28. The monoisotopic (exact) mass is 238 g/mol. The van der Waals surface area contributed by atoms with Crippen LogP contribution in [0.2, 0.25) is 0 Å². The quantitative estimate of drug-likeness (QED) is 0.449. The van der Waals surface area contributed by atoms with Crippen molar-refractivity contribution in [3.05, 3.63) is 39.9 Å². The largest absolute Gasteiger partial charge is 0.383 e. The van der Waals surface area contributed by atoms with Gasteiger partial charge in [-0.25, -0.2) is 0 Å². The molecule has 0 fully saturated rings. The van der Waals surface area contributed by atoms with E-state index in [4.69, 9.17) is 4.74 Å². The van der Waals surface area contributed by atoms with E-state index in [0.717, 1.165) is 18.5 Å². The topological polar surface area (TPSA) is 64.4 Å². The van der Waals surface area contributed by atoms with Crippen LogP contribution in [0.1, 0.15) is 24.9 Å². The minimum absolute atomic E-state index is 0.130. The SMILES string of the molecule is CCC(NCCOC)c1cccc([N+](=O)[O-])c1. The molecule has 0 aliphatic rings. The molecular weight excluding hydrogens is 220 g/mol. The molecule has 0 amide bonds. The van der Waals surface area contributed by atoms with Gasteiger partial charge in [-0.05, 0) is 12.0 Å². The number of rotatable bonds is 7. The second-order valence-corrected chi connectivity index (χ2v) is 3.76. The molecular formula is C12H18N2O3. The molecule has 1 aromatic carbocycles. The molecule has 1 aromatic rings. The van der Waals surface area contributed by atoms with Crippen molar-refractivity contribution >= 4 is 5.69 Å². The summed E-state index contributed by atoms with van der Waals surface area (Å²) in [5.74, 6) is 0. The third-order valence-electron chi connectivity index (χ3n) is 2.59. The lowest BCUT2D eigenvalue weighted by molar-refractivity contribution is -0.384. The maximum Gasteiger partial charge on any atom is 0.269 e. The van der Waals surface area contributed by atoms with Gasteiger partial charge in [0.1, 0.15) is 0 Å². The Hall–Kier alpha value is -1.46. The maximum atomic E-state index is 10.7. The molecule has 5 heteroatoms. The van der Waals surface area contributed by atoms with E-state index in [1.807, 2.05) is 13.0 Å². The van der Waals surface area contributed by atoms with Crippen LogP contribution in [0.3, 0.4) is 0 Å². The van der Waals surface area contributed by atoms with Crippen LogP contribution in [0.5, 0.6) is 0 Å². The number of nitrogens with zero attached hydrogens (tertiary/aromatic N) is 1. The Morgan fingerprint density at radius 3 is 2.88 bits per heavy atom. The first-order valence-corrected chi connectivity index (χ1v) is 5.65. The van der Waals surface area contributed by atoms with Gasteiger partial charge in [-0.15, -0.1) is 0 Å². The summed E-state index contributed by atoms with van der Waals surface area (Å²) in [5, 5.41) is 14.0. The number of non-ortho nitro benzene ring substituents is 1. The number of ether oxygens (including phenoxy) is 1. The average molecular weight is 238 g/mol. The summed E-state index contributed by atoms with van der Waals surface area (Å²) < 4.78 is 4.96. The molecule has 94 valence electrons. The molecule has 0 saturated carbocycles. The molecule has 0 saturated heterocycles. The molecule has 17 heavy (non-hydrogen) atoms. The van der Waals surface area contributed by atoms with Gasteiger partial charge in [0, 0.05) is 31.8 Å². The minimum atomic E-state index is -0.370. The fourth-order valence-electron chi connectivity index (χ4n) is 1.69. The Morgan fingerprint density at radius 2 is 2.29 bits per heavy atom. The molecule has 0 heterocycles. The van der Waals surface area contributed by atoms with E-state index in [-0.39, 0.29) is 16.7 Å². The molecule has 0 bridgehead atoms. The summed E-state index contributed by atoms with van der Waals surface area (Å²) in [4.78, 5) is 10.3. The van der Waals surface area contributed by atoms with Crippen molar-refractivity contribution in [1.29, 1.82) is 0 Å². The summed E-state index contributed by atoms with van der Waals surface area (Å²) in [5.41, 5.74) is 1.08. The van der Waals surface area contributed by atoms with E-state index in [9.17, 15) is 10.1 Å². The van der Waals surface area contributed by atoms with Gasteiger partial charge in [-0.2, -0.15) is 0 Å². The Kier molecular flexibility index (Phi) is 5.59. The fraction of sp³-hybridized carbons (Fsp3) is 0.500. The Labute approximate surface area is 101 Å². The third kappa shape index (κ3) is 4.13. The second kappa shape index (κ2) is 6.98. The number of nitrogens with one attached hydrogen (secondary N) is 1. The zero-order chi connectivity index (χ0) is 12.7. The van der Waals surface area contributed by atoms with Gasteiger partial charge in [-0.1, -0.05) is 19.1 Å². The number of hydrogen-bond acceptors (Lipinski definition) is 4. The lowest BCUT2D eigenvalue weighted by Gasteiger charge is -2.16. The highest BCUT2D eigenvalue weighted by Gasteiger charge is 2.12. The van der Waals surface area contributed by atoms with Crippen molar-refractivity contribution in [2.45, 2.75) is 19.4 Å². The number of benzene rings is 1. The zero-order valence-corrected chi connectivity index (χ0v) is 10.2. The number of nitro benzene ring substituents is 1. The third-order valence-corrected chi connectivity index (χ3v) is 2.59. The summed E-state index contributed by atoms with van der Waals surface area (Å²) in [6, 6.07) is 6.87. The smallest absolute Gasteiger partial charge is 0.269 e. The van der Waals surface area contributed by atoms with Crippen LogP contribution in [-0.2, 0) is 4.74 Å². The molecule has 0 aliphatic heterocycles. The van der Waals surface area contributed by atoms with Crippen molar-refractivity contribution in [3.63, 3.8) is 0 Å². The van der Waals surface area contributed by atoms with E-state index < -0.39 is 0 Å². The zero-order valence-electron chi connectivity index (χ0n) is 10.2. The predicted molar refractivity (Wildman–Crippen MR) is 66.0 cm³/mol. The fourth-order valence-corrected chi connectivity index (χ4v) is 1.69. The highest BCUT2D eigenvalue weighted by molar-refractivity contribution is 5.35. The van der Waals surface area contributed by atoms with E-state index in [0.29, 0.717) is 6.61 Å². The van der Waals surface area contributed by atoms with Gasteiger partial charge in [0.15, 0.2) is 0 Å². The average Bonchev–Trinajstić information content (AvgIpc) is 2.35. The highest BCUT2D eigenvalue weighted by Crippen LogP contribution is 2.21. The van der Waals surface area contributed by atoms with E-state index in [1.165, 1.54) is 6.07 Å². The van der Waals surface area contributed by atoms with E-state index >= 15 is 0 Å². The molecule has 0 aromatic heterocycles. The second-order valence-electron chi connectivity index (χ2n) is 3.76. The van der Waals surface area contributed by atoms with Gasteiger partial charge in [0.05, 0.1) is 11.5 Å². The normalized spacial score (nSPS) is 12.4. The maximum absolute atomic E-state index is 10.7. The Bertz CT molecular complexity index is 369. The summed E-state index contributed by atoms with van der Waals surface area (Å²) in [6.07, 6.45) is 0.880. The van der Waals surface area contributed by atoms with Crippen molar-refractivity contribution in [2.75, 3.05) is 20.3 Å². The van der Waals surface area contributed by atoms with Crippen molar-refractivity contribution in [3.8, 4) is 0 Å². The van der Waals surface area contributed by atoms with Crippen LogP contribution in [-0.4, -0.2) is 25.2 Å². The molecule has 0 aliphatic carbocycles. The number of methoxy groups -OCH3 is 1.